The zero-order chi connectivity index (χ0) is 21.1. The fourth-order valence-corrected chi connectivity index (χ4v) is 4.17. The monoisotopic (exact) mass is 426 g/mol. The lowest BCUT2D eigenvalue weighted by molar-refractivity contribution is -0.135. The van der Waals surface area contributed by atoms with Gasteiger partial charge in [0.15, 0.2) is 6.29 Å². The second-order valence-corrected chi connectivity index (χ2v) is 8.02. The van der Waals surface area contributed by atoms with Gasteiger partial charge in [-0.25, -0.2) is 18.3 Å². The first-order valence-electron chi connectivity index (χ1n) is 8.44. The molecule has 1 saturated heterocycles. The highest BCUT2D eigenvalue weighted by Gasteiger charge is 2.49. The van der Waals surface area contributed by atoms with Crippen LogP contribution in [-0.4, -0.2) is 45.1 Å². The number of hydrogen-bond acceptors (Lipinski definition) is 7. The van der Waals surface area contributed by atoms with E-state index in [2.05, 4.69) is 4.72 Å². The number of ether oxygens (including phenoxy) is 3. The van der Waals surface area contributed by atoms with Crippen LogP contribution in [0.1, 0.15) is 6.42 Å². The summed E-state index contributed by atoms with van der Waals surface area (Å²) in [5.41, 5.74) is -0.266. The molecule has 29 heavy (non-hydrogen) atoms. The predicted octanol–water partition coefficient (Wildman–Crippen LogP) is 1.53. The van der Waals surface area contributed by atoms with Crippen molar-refractivity contribution < 1.29 is 37.0 Å². The summed E-state index contributed by atoms with van der Waals surface area (Å²) in [6.07, 6.45) is -0.928. The Kier molecular flexibility index (Phi) is 6.15. The molecule has 156 valence electrons. The van der Waals surface area contributed by atoms with Gasteiger partial charge in [-0.2, -0.15) is 4.72 Å². The van der Waals surface area contributed by atoms with Crippen LogP contribution in [0.5, 0.6) is 11.5 Å². The van der Waals surface area contributed by atoms with Crippen LogP contribution in [0.4, 0.5) is 4.39 Å². The lowest BCUT2D eigenvalue weighted by Crippen LogP contribution is -2.59. The molecule has 2 aromatic carbocycles. The lowest BCUT2D eigenvalue weighted by Gasteiger charge is -2.25. The minimum absolute atomic E-state index is 0.124. The molecule has 0 aromatic heterocycles. The molecule has 1 aliphatic rings. The number of halogens is 1. The molecule has 1 aliphatic heterocycles. The molecule has 1 amide bonds. The number of rotatable bonds is 7. The van der Waals surface area contributed by atoms with Crippen molar-refractivity contribution >= 4 is 15.9 Å². The van der Waals surface area contributed by atoms with E-state index in [9.17, 15) is 17.6 Å². The average molecular weight is 426 g/mol. The van der Waals surface area contributed by atoms with Gasteiger partial charge < -0.3 is 14.2 Å². The Morgan fingerprint density at radius 3 is 2.28 bits per heavy atom. The van der Waals surface area contributed by atoms with Gasteiger partial charge in [0, 0.05) is 13.5 Å². The van der Waals surface area contributed by atoms with Crippen LogP contribution in [0.15, 0.2) is 53.4 Å². The number of carbonyl (C=O) groups excluding carboxylic acids is 1. The Hall–Kier alpha value is -2.57. The molecule has 2 atom stereocenters. The van der Waals surface area contributed by atoms with E-state index in [0.717, 1.165) is 0 Å². The third-order valence-electron chi connectivity index (χ3n) is 4.34. The molecule has 0 aliphatic carbocycles. The summed E-state index contributed by atoms with van der Waals surface area (Å²) in [5.74, 6) is -0.649. The van der Waals surface area contributed by atoms with Crippen molar-refractivity contribution in [3.63, 3.8) is 0 Å². The smallest absolute Gasteiger partial charge is 0.267 e. The molecule has 9 nitrogen and oxygen atoms in total. The molecule has 3 rings (SSSR count). The van der Waals surface area contributed by atoms with E-state index in [-0.39, 0.29) is 17.9 Å². The van der Waals surface area contributed by atoms with Crippen LogP contribution in [0.25, 0.3) is 0 Å². The van der Waals surface area contributed by atoms with E-state index < -0.39 is 33.6 Å². The number of nitrogens with one attached hydrogen (secondary N) is 2. The van der Waals surface area contributed by atoms with E-state index >= 15 is 0 Å². The molecule has 0 bridgehead atoms. The third-order valence-corrected chi connectivity index (χ3v) is 5.90. The van der Waals surface area contributed by atoms with Gasteiger partial charge >= 0.3 is 0 Å². The molecular formula is C18H19FN2O7S. The van der Waals surface area contributed by atoms with Gasteiger partial charge in [0.2, 0.25) is 10.0 Å². The Morgan fingerprint density at radius 2 is 1.76 bits per heavy atom. The Bertz CT molecular complexity index is 967. The van der Waals surface area contributed by atoms with Gasteiger partial charge in [-0.1, -0.05) is 0 Å². The molecule has 0 radical (unpaired) electrons. The van der Waals surface area contributed by atoms with Crippen LogP contribution in [0, 0.1) is 5.82 Å². The molecule has 11 heteroatoms. The maximum atomic E-state index is 12.9. The number of hydroxylamine groups is 1. The van der Waals surface area contributed by atoms with Gasteiger partial charge in [-0.3, -0.25) is 10.0 Å². The molecule has 0 spiro atoms. The van der Waals surface area contributed by atoms with Crippen molar-refractivity contribution in [2.45, 2.75) is 23.1 Å². The van der Waals surface area contributed by atoms with Crippen LogP contribution < -0.4 is 14.9 Å². The summed E-state index contributed by atoms with van der Waals surface area (Å²) in [6.45, 7) is -0.317. The Labute approximate surface area is 166 Å². The van der Waals surface area contributed by atoms with Crippen LogP contribution >= 0.6 is 0 Å². The van der Waals surface area contributed by atoms with Crippen LogP contribution in [-0.2, 0) is 24.3 Å². The highest BCUT2D eigenvalue weighted by atomic mass is 32.2. The van der Waals surface area contributed by atoms with E-state index in [1.807, 2.05) is 0 Å². The number of amides is 1. The zero-order valence-electron chi connectivity index (χ0n) is 15.3. The summed E-state index contributed by atoms with van der Waals surface area (Å²) >= 11 is 0. The highest BCUT2D eigenvalue weighted by molar-refractivity contribution is 7.89. The first kappa shape index (κ1) is 21.1. The fraction of sp³-hybridized carbons (Fsp3) is 0.278. The number of benzene rings is 2. The quantitative estimate of drug-likeness (QED) is 0.453. The summed E-state index contributed by atoms with van der Waals surface area (Å²) in [7, 11) is -2.79. The summed E-state index contributed by atoms with van der Waals surface area (Å²) < 4.78 is 56.5. The van der Waals surface area contributed by atoms with Crippen LogP contribution in [0.2, 0.25) is 0 Å². The topological polar surface area (TPSA) is 123 Å². The van der Waals surface area contributed by atoms with Crippen molar-refractivity contribution in [2.75, 3.05) is 13.7 Å². The number of methoxy groups -OCH3 is 1. The molecular weight excluding hydrogens is 407 g/mol. The zero-order valence-corrected chi connectivity index (χ0v) is 16.1. The predicted molar refractivity (Wildman–Crippen MR) is 97.3 cm³/mol. The van der Waals surface area contributed by atoms with E-state index in [1.54, 1.807) is 0 Å². The molecule has 1 heterocycles. The number of hydrogen-bond donors (Lipinski definition) is 3. The molecule has 1 fully saturated rings. The van der Waals surface area contributed by atoms with Crippen molar-refractivity contribution in [3.05, 3.63) is 54.3 Å². The van der Waals surface area contributed by atoms with E-state index in [1.165, 1.54) is 61.1 Å². The van der Waals surface area contributed by atoms with Gasteiger partial charge in [0.1, 0.15) is 22.9 Å². The summed E-state index contributed by atoms with van der Waals surface area (Å²) in [4.78, 5) is 12.0. The van der Waals surface area contributed by atoms with Gasteiger partial charge in [-0.15, -0.1) is 0 Å². The number of sulfonamides is 1. The van der Waals surface area contributed by atoms with Crippen molar-refractivity contribution in [3.8, 4) is 11.5 Å². The van der Waals surface area contributed by atoms with Crippen molar-refractivity contribution in [2.24, 2.45) is 0 Å². The second kappa shape index (κ2) is 8.43. The van der Waals surface area contributed by atoms with E-state index in [0.29, 0.717) is 11.5 Å². The average Bonchev–Trinajstić information content (AvgIpc) is 3.13. The maximum Gasteiger partial charge on any atom is 0.267 e. The first-order valence-corrected chi connectivity index (χ1v) is 9.93. The second-order valence-electron chi connectivity index (χ2n) is 6.34. The standard InChI is InChI=1S/C18H19FN2O7S/c1-26-16-10-18(11-27-16,17(22)20-23)21-29(24,25)15-8-6-14(7-9-15)28-13-4-2-12(19)3-5-13/h2-9,16,21,23H,10-11H2,1H3,(H,20,22). The lowest BCUT2D eigenvalue weighted by atomic mass is 9.99. The fourth-order valence-electron chi connectivity index (χ4n) is 2.81. The highest BCUT2D eigenvalue weighted by Crippen LogP contribution is 2.28. The Balaban J connectivity index is 1.77. The first-order chi connectivity index (χ1) is 13.8. The van der Waals surface area contributed by atoms with E-state index in [4.69, 9.17) is 19.4 Å². The SMILES string of the molecule is COC1CC(NS(=O)(=O)c2ccc(Oc3ccc(F)cc3)cc2)(C(=O)NO)CO1. The molecule has 3 N–H and O–H groups in total. The summed E-state index contributed by atoms with van der Waals surface area (Å²) in [6, 6.07) is 10.8. The van der Waals surface area contributed by atoms with Crippen LogP contribution in [0.3, 0.4) is 0 Å². The Morgan fingerprint density at radius 1 is 1.17 bits per heavy atom. The van der Waals surface area contributed by atoms with Gasteiger partial charge in [-0.05, 0) is 48.5 Å². The van der Waals surface area contributed by atoms with Gasteiger partial charge in [0.25, 0.3) is 5.91 Å². The minimum atomic E-state index is -4.15. The molecule has 2 aromatic rings. The number of carbonyl (C=O) groups is 1. The van der Waals surface area contributed by atoms with Crippen molar-refractivity contribution in [1.29, 1.82) is 0 Å². The van der Waals surface area contributed by atoms with Crippen molar-refractivity contribution in [1.82, 2.24) is 10.2 Å². The normalized spacial score (nSPS) is 21.7. The minimum Gasteiger partial charge on any atom is -0.457 e. The maximum absolute atomic E-state index is 12.9. The largest absolute Gasteiger partial charge is 0.457 e. The molecule has 2 unspecified atom stereocenters. The van der Waals surface area contributed by atoms with Gasteiger partial charge in [0.05, 0.1) is 11.5 Å². The third kappa shape index (κ3) is 4.71. The molecule has 0 saturated carbocycles. The summed E-state index contributed by atoms with van der Waals surface area (Å²) in [5, 5.41) is 9.01.